The molecule has 0 spiro atoms. The molecule has 2 heterocycles. The summed E-state index contributed by atoms with van der Waals surface area (Å²) >= 11 is 0. The summed E-state index contributed by atoms with van der Waals surface area (Å²) in [6.07, 6.45) is -0.0254. The quantitative estimate of drug-likeness (QED) is 0.394. The van der Waals surface area contributed by atoms with Crippen molar-refractivity contribution >= 4 is 17.1 Å². The number of aromatic amines is 1. The molecule has 2 N–H and O–H groups in total. The van der Waals surface area contributed by atoms with Crippen LogP contribution in [0.2, 0.25) is 0 Å². The summed E-state index contributed by atoms with van der Waals surface area (Å²) < 4.78 is 8.75. The van der Waals surface area contributed by atoms with Crippen LogP contribution in [-0.2, 0) is 26.6 Å². The van der Waals surface area contributed by atoms with Gasteiger partial charge in [0.25, 0.3) is 5.56 Å². The highest BCUT2D eigenvalue weighted by molar-refractivity contribution is 5.74. The molecule has 9 nitrogen and oxygen atoms in total. The Hall–Kier alpha value is -3.85. The van der Waals surface area contributed by atoms with Crippen LogP contribution in [0.3, 0.4) is 0 Å². The van der Waals surface area contributed by atoms with Crippen LogP contribution in [0, 0.1) is 0 Å². The fourth-order valence-corrected chi connectivity index (χ4v) is 3.93. The molecular weight excluding hydrogens is 434 g/mol. The van der Waals surface area contributed by atoms with Crippen LogP contribution in [0.5, 0.6) is 5.75 Å². The van der Waals surface area contributed by atoms with Crippen molar-refractivity contribution in [1.82, 2.24) is 19.1 Å². The van der Waals surface area contributed by atoms with Gasteiger partial charge in [0.15, 0.2) is 11.2 Å². The van der Waals surface area contributed by atoms with Gasteiger partial charge in [-0.05, 0) is 29.7 Å². The fraction of sp³-hybridized carbons (Fsp3) is 0.320. The Morgan fingerprint density at radius 2 is 1.85 bits per heavy atom. The van der Waals surface area contributed by atoms with Gasteiger partial charge in [0.1, 0.15) is 18.5 Å². The summed E-state index contributed by atoms with van der Waals surface area (Å²) in [6.45, 7) is 2.71. The topological polar surface area (TPSA) is 105 Å². The number of aromatic nitrogens is 4. The number of ether oxygens (including phenoxy) is 1. The maximum absolute atomic E-state index is 12.7. The lowest BCUT2D eigenvalue weighted by atomic mass is 10.2. The molecule has 0 saturated heterocycles. The molecule has 0 radical (unpaired) electrons. The van der Waals surface area contributed by atoms with Crippen molar-refractivity contribution in [1.29, 1.82) is 0 Å². The van der Waals surface area contributed by atoms with Crippen LogP contribution >= 0.6 is 0 Å². The Labute approximate surface area is 196 Å². The lowest BCUT2D eigenvalue weighted by molar-refractivity contribution is 0.0936. The number of benzene rings is 2. The number of aryl methyl sites for hydroxylation is 2. The number of nitrogens with zero attached hydrogens (tertiary/aromatic N) is 4. The molecule has 0 aliphatic rings. The van der Waals surface area contributed by atoms with E-state index in [1.54, 1.807) is 11.6 Å². The number of anilines is 1. The molecule has 4 aromatic rings. The minimum absolute atomic E-state index is 0.0400. The van der Waals surface area contributed by atoms with Crippen molar-refractivity contribution in [2.24, 2.45) is 7.05 Å². The van der Waals surface area contributed by atoms with Gasteiger partial charge in [0.2, 0.25) is 5.95 Å². The standard InChI is InChI=1S/C25H29N5O4/c1-4-17-11-8-12-20(13-17)34-16-19(31)15-30-21-22(29(3)25(33)27-23(21)32)26-24(30)28(2)14-18-9-6-5-7-10-18/h5-13,19,31H,4,14-16H2,1-3H3,(H,27,32,33)/t19-/m1/s1. The Morgan fingerprint density at radius 1 is 1.12 bits per heavy atom. The first-order valence-corrected chi connectivity index (χ1v) is 11.2. The van der Waals surface area contributed by atoms with E-state index in [1.165, 1.54) is 4.57 Å². The zero-order chi connectivity index (χ0) is 24.2. The lowest BCUT2D eigenvalue weighted by Gasteiger charge is -2.21. The number of hydrogen-bond acceptors (Lipinski definition) is 6. The summed E-state index contributed by atoms with van der Waals surface area (Å²) in [7, 11) is 3.41. The molecule has 0 fully saturated rings. The molecule has 0 aliphatic heterocycles. The zero-order valence-corrected chi connectivity index (χ0v) is 19.6. The summed E-state index contributed by atoms with van der Waals surface area (Å²) in [4.78, 5) is 33.7. The van der Waals surface area contributed by atoms with Gasteiger partial charge in [-0.1, -0.05) is 49.4 Å². The third-order valence-electron chi connectivity index (χ3n) is 5.73. The second kappa shape index (κ2) is 9.96. The summed E-state index contributed by atoms with van der Waals surface area (Å²) in [5, 5.41) is 10.8. The monoisotopic (exact) mass is 463 g/mol. The van der Waals surface area contributed by atoms with E-state index in [4.69, 9.17) is 4.74 Å². The Balaban J connectivity index is 1.65. The molecule has 178 valence electrons. The normalized spacial score (nSPS) is 12.1. The lowest BCUT2D eigenvalue weighted by Crippen LogP contribution is -2.31. The first-order chi connectivity index (χ1) is 16.4. The molecule has 0 bridgehead atoms. The molecule has 0 saturated carbocycles. The van der Waals surface area contributed by atoms with Gasteiger partial charge < -0.3 is 19.3 Å². The number of rotatable bonds is 9. The first kappa shape index (κ1) is 23.3. The highest BCUT2D eigenvalue weighted by Gasteiger charge is 2.22. The maximum Gasteiger partial charge on any atom is 0.329 e. The highest BCUT2D eigenvalue weighted by Crippen LogP contribution is 2.21. The number of aliphatic hydroxyl groups excluding tert-OH is 1. The van der Waals surface area contributed by atoms with E-state index < -0.39 is 17.4 Å². The van der Waals surface area contributed by atoms with Crippen LogP contribution < -0.4 is 20.9 Å². The van der Waals surface area contributed by atoms with Gasteiger partial charge in [-0.2, -0.15) is 4.98 Å². The van der Waals surface area contributed by atoms with E-state index in [0.29, 0.717) is 18.2 Å². The molecule has 0 unspecified atom stereocenters. The van der Waals surface area contributed by atoms with Gasteiger partial charge in [0, 0.05) is 20.6 Å². The average Bonchev–Trinajstić information content (AvgIpc) is 3.22. The molecule has 2 aromatic heterocycles. The predicted molar refractivity (Wildman–Crippen MR) is 131 cm³/mol. The van der Waals surface area contributed by atoms with Crippen LogP contribution in [0.4, 0.5) is 5.95 Å². The Kier molecular flexibility index (Phi) is 6.83. The number of imidazole rings is 1. The van der Waals surface area contributed by atoms with Gasteiger partial charge in [-0.3, -0.25) is 14.3 Å². The van der Waals surface area contributed by atoms with Gasteiger partial charge in [-0.25, -0.2) is 4.79 Å². The van der Waals surface area contributed by atoms with Crippen LogP contribution in [0.1, 0.15) is 18.1 Å². The third kappa shape index (κ3) is 4.89. The van der Waals surface area contributed by atoms with Gasteiger partial charge in [-0.15, -0.1) is 0 Å². The summed E-state index contributed by atoms with van der Waals surface area (Å²) in [5.74, 6) is 1.15. The van der Waals surface area contributed by atoms with Crippen molar-refractivity contribution in [3.05, 3.63) is 86.6 Å². The van der Waals surface area contributed by atoms with E-state index in [2.05, 4.69) is 16.9 Å². The van der Waals surface area contributed by atoms with E-state index in [-0.39, 0.29) is 24.3 Å². The molecule has 9 heteroatoms. The number of hydrogen-bond donors (Lipinski definition) is 2. The van der Waals surface area contributed by atoms with Crippen molar-refractivity contribution in [2.45, 2.75) is 32.5 Å². The van der Waals surface area contributed by atoms with Crippen LogP contribution in [-0.4, -0.2) is 44.0 Å². The van der Waals surface area contributed by atoms with Crippen molar-refractivity contribution in [2.75, 3.05) is 18.6 Å². The zero-order valence-electron chi connectivity index (χ0n) is 19.6. The summed E-state index contributed by atoms with van der Waals surface area (Å²) in [6, 6.07) is 17.6. The molecule has 0 amide bonds. The minimum atomic E-state index is -0.914. The molecule has 4 rings (SSSR count). The SMILES string of the molecule is CCc1cccc(OC[C@H](O)Cn2c(N(C)Cc3ccccc3)nc3c2c(=O)[nH]c(=O)n3C)c1. The third-order valence-corrected chi connectivity index (χ3v) is 5.73. The molecular formula is C25H29N5O4. The van der Waals surface area contributed by atoms with Crippen LogP contribution in [0.25, 0.3) is 11.2 Å². The molecule has 34 heavy (non-hydrogen) atoms. The summed E-state index contributed by atoms with van der Waals surface area (Å²) in [5.41, 5.74) is 1.60. The fourth-order valence-electron chi connectivity index (χ4n) is 3.93. The first-order valence-electron chi connectivity index (χ1n) is 11.2. The smallest absolute Gasteiger partial charge is 0.329 e. The highest BCUT2D eigenvalue weighted by atomic mass is 16.5. The second-order valence-electron chi connectivity index (χ2n) is 8.32. The van der Waals surface area contributed by atoms with Gasteiger partial charge >= 0.3 is 5.69 Å². The molecule has 2 aromatic carbocycles. The number of H-pyrrole nitrogens is 1. The average molecular weight is 464 g/mol. The number of fused-ring (bicyclic) bond motifs is 1. The molecule has 0 aliphatic carbocycles. The second-order valence-corrected chi connectivity index (χ2v) is 8.32. The van der Waals surface area contributed by atoms with E-state index >= 15 is 0 Å². The van der Waals surface area contributed by atoms with Crippen LogP contribution in [0.15, 0.2) is 64.2 Å². The maximum atomic E-state index is 12.7. The molecule has 1 atom stereocenters. The van der Waals surface area contributed by atoms with E-state index in [0.717, 1.165) is 17.5 Å². The van der Waals surface area contributed by atoms with Gasteiger partial charge in [0.05, 0.1) is 6.54 Å². The van der Waals surface area contributed by atoms with E-state index in [1.807, 2.05) is 66.5 Å². The van der Waals surface area contributed by atoms with Crippen molar-refractivity contribution in [3.8, 4) is 5.75 Å². The van der Waals surface area contributed by atoms with Crippen molar-refractivity contribution in [3.63, 3.8) is 0 Å². The van der Waals surface area contributed by atoms with Crippen molar-refractivity contribution < 1.29 is 9.84 Å². The Bertz CT molecular complexity index is 1390. The Morgan fingerprint density at radius 3 is 2.59 bits per heavy atom. The largest absolute Gasteiger partial charge is 0.491 e. The number of nitrogens with one attached hydrogen (secondary N) is 1. The number of aliphatic hydroxyl groups is 1. The minimum Gasteiger partial charge on any atom is -0.491 e. The van der Waals surface area contributed by atoms with E-state index in [9.17, 15) is 14.7 Å². The predicted octanol–water partition coefficient (Wildman–Crippen LogP) is 2.06.